The van der Waals surface area contributed by atoms with Gasteiger partial charge in [0.05, 0.1) is 5.69 Å². The third-order valence-corrected chi connectivity index (χ3v) is 2.95. The summed E-state index contributed by atoms with van der Waals surface area (Å²) in [5.74, 6) is 5.63. The van der Waals surface area contributed by atoms with Gasteiger partial charge in [0.2, 0.25) is 0 Å². The molecule has 0 amide bonds. The van der Waals surface area contributed by atoms with Crippen molar-refractivity contribution < 1.29 is 0 Å². The number of hydrogen-bond acceptors (Lipinski definition) is 3. The fraction of sp³-hybridized carbons (Fsp3) is 0.750. The smallest absolute Gasteiger partial charge is 0.0670 e. The molecule has 1 atom stereocenters. The van der Waals surface area contributed by atoms with Gasteiger partial charge in [0.15, 0.2) is 0 Å². The number of nitrogens with two attached hydrogens (primary N) is 1. The normalized spacial score (nSPS) is 13.0. The third-order valence-electron chi connectivity index (χ3n) is 2.95. The molecule has 4 heteroatoms. The van der Waals surface area contributed by atoms with Crippen molar-refractivity contribution in [1.82, 2.24) is 15.2 Å². The average Bonchev–Trinajstić information content (AvgIpc) is 2.66. The van der Waals surface area contributed by atoms with E-state index in [0.717, 1.165) is 18.5 Å². The molecule has 1 aromatic heterocycles. The van der Waals surface area contributed by atoms with Crippen LogP contribution in [0.1, 0.15) is 56.8 Å². The zero-order chi connectivity index (χ0) is 12.0. The molecule has 0 radical (unpaired) electrons. The van der Waals surface area contributed by atoms with Crippen LogP contribution in [0.15, 0.2) is 6.20 Å². The van der Waals surface area contributed by atoms with Crippen LogP contribution in [-0.4, -0.2) is 9.78 Å². The fourth-order valence-electron chi connectivity index (χ4n) is 2.05. The number of hydrogen-bond donors (Lipinski definition) is 2. The Morgan fingerprint density at radius 2 is 2.19 bits per heavy atom. The minimum atomic E-state index is 0.246. The van der Waals surface area contributed by atoms with Gasteiger partial charge >= 0.3 is 0 Å². The molecule has 0 aliphatic heterocycles. The van der Waals surface area contributed by atoms with Gasteiger partial charge in [-0.3, -0.25) is 16.0 Å². The molecular weight excluding hydrogens is 200 g/mol. The van der Waals surface area contributed by atoms with Gasteiger partial charge in [-0.1, -0.05) is 33.1 Å². The van der Waals surface area contributed by atoms with E-state index in [4.69, 9.17) is 5.84 Å². The molecule has 1 unspecified atom stereocenters. The first-order valence-corrected chi connectivity index (χ1v) is 6.21. The Labute approximate surface area is 98.2 Å². The Morgan fingerprint density at radius 1 is 1.44 bits per heavy atom. The van der Waals surface area contributed by atoms with Crippen molar-refractivity contribution in [3.63, 3.8) is 0 Å². The fourth-order valence-corrected chi connectivity index (χ4v) is 2.05. The zero-order valence-electron chi connectivity index (χ0n) is 10.7. The maximum absolute atomic E-state index is 5.63. The number of rotatable bonds is 7. The van der Waals surface area contributed by atoms with Crippen molar-refractivity contribution in [2.75, 3.05) is 0 Å². The van der Waals surface area contributed by atoms with Crippen LogP contribution in [0.2, 0.25) is 0 Å². The van der Waals surface area contributed by atoms with Crippen LogP contribution in [-0.2, 0) is 13.5 Å². The predicted octanol–water partition coefficient (Wildman–Crippen LogP) is 2.07. The monoisotopic (exact) mass is 224 g/mol. The van der Waals surface area contributed by atoms with Crippen molar-refractivity contribution in [3.05, 3.63) is 17.5 Å². The summed E-state index contributed by atoms with van der Waals surface area (Å²) < 4.78 is 1.87. The number of nitrogens with one attached hydrogen (secondary N) is 1. The summed E-state index contributed by atoms with van der Waals surface area (Å²) in [5.41, 5.74) is 5.32. The molecule has 0 saturated heterocycles. The molecule has 1 heterocycles. The van der Waals surface area contributed by atoms with E-state index in [0.29, 0.717) is 0 Å². The van der Waals surface area contributed by atoms with Crippen LogP contribution in [0.5, 0.6) is 0 Å². The standard InChI is InChI=1S/C12H24N4/c1-4-6-7-8-12(14-13)10-9-16(3)15-11(10)5-2/h9,12,14H,4-8,13H2,1-3H3. The second-order valence-corrected chi connectivity index (χ2v) is 4.27. The van der Waals surface area contributed by atoms with Crippen LogP contribution >= 0.6 is 0 Å². The van der Waals surface area contributed by atoms with E-state index in [1.54, 1.807) is 0 Å². The van der Waals surface area contributed by atoms with Crippen LogP contribution in [0.4, 0.5) is 0 Å². The van der Waals surface area contributed by atoms with Gasteiger partial charge in [0.25, 0.3) is 0 Å². The number of nitrogens with zero attached hydrogens (tertiary/aromatic N) is 2. The summed E-state index contributed by atoms with van der Waals surface area (Å²) in [7, 11) is 1.96. The molecule has 0 fully saturated rings. The minimum absolute atomic E-state index is 0.246. The van der Waals surface area contributed by atoms with Crippen LogP contribution < -0.4 is 11.3 Å². The molecule has 0 aliphatic carbocycles. The highest BCUT2D eigenvalue weighted by Crippen LogP contribution is 2.22. The number of aryl methyl sites for hydroxylation is 2. The molecule has 4 nitrogen and oxygen atoms in total. The Morgan fingerprint density at radius 3 is 2.75 bits per heavy atom. The van der Waals surface area contributed by atoms with Crippen LogP contribution in [0.3, 0.4) is 0 Å². The Balaban J connectivity index is 2.69. The summed E-state index contributed by atoms with van der Waals surface area (Å²) in [6.07, 6.45) is 7.84. The molecular formula is C12H24N4. The van der Waals surface area contributed by atoms with Crippen molar-refractivity contribution in [2.24, 2.45) is 12.9 Å². The van der Waals surface area contributed by atoms with E-state index in [2.05, 4.69) is 30.6 Å². The van der Waals surface area contributed by atoms with E-state index < -0.39 is 0 Å². The molecule has 1 aromatic rings. The van der Waals surface area contributed by atoms with Crippen LogP contribution in [0.25, 0.3) is 0 Å². The molecule has 0 spiro atoms. The highest BCUT2D eigenvalue weighted by Gasteiger charge is 2.15. The lowest BCUT2D eigenvalue weighted by Gasteiger charge is -2.15. The Hall–Kier alpha value is -0.870. The summed E-state index contributed by atoms with van der Waals surface area (Å²) in [6.45, 7) is 4.35. The van der Waals surface area contributed by atoms with Crippen LogP contribution in [0, 0.1) is 0 Å². The lowest BCUT2D eigenvalue weighted by atomic mass is 10.0. The SMILES string of the molecule is CCCCCC(NN)c1cn(C)nc1CC. The van der Waals surface area contributed by atoms with Gasteiger partial charge in [-0.15, -0.1) is 0 Å². The second-order valence-electron chi connectivity index (χ2n) is 4.27. The largest absolute Gasteiger partial charge is 0.275 e. The van der Waals surface area contributed by atoms with Gasteiger partial charge in [-0.2, -0.15) is 5.10 Å². The summed E-state index contributed by atoms with van der Waals surface area (Å²) in [5, 5.41) is 4.45. The van der Waals surface area contributed by atoms with Crippen molar-refractivity contribution in [1.29, 1.82) is 0 Å². The van der Waals surface area contributed by atoms with Crippen molar-refractivity contribution in [3.8, 4) is 0 Å². The van der Waals surface area contributed by atoms with Gasteiger partial charge in [-0.25, -0.2) is 0 Å². The first kappa shape index (κ1) is 13.2. The number of unbranched alkanes of at least 4 members (excludes halogenated alkanes) is 2. The Bertz CT molecular complexity index is 306. The molecule has 1 rings (SSSR count). The predicted molar refractivity (Wildman–Crippen MR) is 66.8 cm³/mol. The van der Waals surface area contributed by atoms with E-state index >= 15 is 0 Å². The van der Waals surface area contributed by atoms with E-state index in [1.165, 1.54) is 24.8 Å². The van der Waals surface area contributed by atoms with Gasteiger partial charge < -0.3 is 0 Å². The zero-order valence-corrected chi connectivity index (χ0v) is 10.7. The molecule has 0 saturated carbocycles. The topological polar surface area (TPSA) is 55.9 Å². The maximum atomic E-state index is 5.63. The summed E-state index contributed by atoms with van der Waals surface area (Å²) in [6, 6.07) is 0.246. The second kappa shape index (κ2) is 6.66. The number of aromatic nitrogens is 2. The number of hydrazine groups is 1. The Kier molecular flexibility index (Phi) is 5.49. The molecule has 0 aliphatic rings. The first-order valence-electron chi connectivity index (χ1n) is 6.21. The van der Waals surface area contributed by atoms with Gasteiger partial charge in [0.1, 0.15) is 0 Å². The first-order chi connectivity index (χ1) is 7.72. The van der Waals surface area contributed by atoms with Gasteiger partial charge in [0, 0.05) is 24.8 Å². The highest BCUT2D eigenvalue weighted by molar-refractivity contribution is 5.21. The maximum Gasteiger partial charge on any atom is 0.0670 e. The molecule has 16 heavy (non-hydrogen) atoms. The van der Waals surface area contributed by atoms with Crippen molar-refractivity contribution >= 4 is 0 Å². The highest BCUT2D eigenvalue weighted by atomic mass is 15.3. The van der Waals surface area contributed by atoms with E-state index in [9.17, 15) is 0 Å². The lowest BCUT2D eigenvalue weighted by molar-refractivity contribution is 0.484. The molecule has 3 N–H and O–H groups in total. The molecule has 0 aromatic carbocycles. The third kappa shape index (κ3) is 3.32. The van der Waals surface area contributed by atoms with Gasteiger partial charge in [-0.05, 0) is 12.8 Å². The molecule has 92 valence electrons. The minimum Gasteiger partial charge on any atom is -0.275 e. The molecule has 0 bridgehead atoms. The summed E-state index contributed by atoms with van der Waals surface area (Å²) in [4.78, 5) is 0. The average molecular weight is 224 g/mol. The quantitative estimate of drug-likeness (QED) is 0.423. The summed E-state index contributed by atoms with van der Waals surface area (Å²) >= 11 is 0. The van der Waals surface area contributed by atoms with E-state index in [1.807, 2.05) is 11.7 Å². The van der Waals surface area contributed by atoms with Crippen molar-refractivity contribution in [2.45, 2.75) is 52.0 Å². The lowest BCUT2D eigenvalue weighted by Crippen LogP contribution is -2.28. The van der Waals surface area contributed by atoms with E-state index in [-0.39, 0.29) is 6.04 Å².